The van der Waals surface area contributed by atoms with Gasteiger partial charge in [0.15, 0.2) is 0 Å². The second-order valence-corrected chi connectivity index (χ2v) is 15.9. The summed E-state index contributed by atoms with van der Waals surface area (Å²) in [4.78, 5) is 0. The van der Waals surface area contributed by atoms with Crippen LogP contribution in [-0.2, 0) is 4.74 Å². The third-order valence-electron chi connectivity index (χ3n) is 8.20. The van der Waals surface area contributed by atoms with Crippen LogP contribution in [0.15, 0.2) is 0 Å². The minimum absolute atomic E-state index is 0.375. The molecule has 0 N–H and O–H groups in total. The molecule has 0 aliphatic heterocycles. The van der Waals surface area contributed by atoms with Crippen molar-refractivity contribution in [2.45, 2.75) is 356 Å². The molecule has 0 atom stereocenters. The molecule has 0 aromatic rings. The average molecular weight is 792 g/mol. The molecule has 0 aromatic carbocycles. The molecular formula is C54H126O. The van der Waals surface area contributed by atoms with Crippen LogP contribution >= 0.6 is 0 Å². The molecule has 1 heteroatoms. The Labute approximate surface area is 359 Å². The lowest BCUT2D eigenvalue weighted by atomic mass is 10.2. The van der Waals surface area contributed by atoms with Crippen LogP contribution < -0.4 is 0 Å². The predicted molar refractivity (Wildman–Crippen MR) is 270 cm³/mol. The van der Waals surface area contributed by atoms with Gasteiger partial charge in [-0.1, -0.05) is 316 Å². The van der Waals surface area contributed by atoms with E-state index in [0.717, 1.165) is 0 Å². The number of rotatable bonds is 26. The Bertz CT molecular complexity index is 281. The number of hydrogen-bond donors (Lipinski definition) is 0. The lowest BCUT2D eigenvalue weighted by molar-refractivity contribution is 0.0300. The van der Waals surface area contributed by atoms with E-state index in [1.807, 2.05) is 27.7 Å². The van der Waals surface area contributed by atoms with Crippen molar-refractivity contribution in [1.82, 2.24) is 0 Å². The molecule has 0 aliphatic rings. The van der Waals surface area contributed by atoms with E-state index < -0.39 is 0 Å². The Kier molecular flexibility index (Phi) is 137. The highest BCUT2D eigenvalue weighted by molar-refractivity contribution is 4.40. The van der Waals surface area contributed by atoms with Gasteiger partial charge in [0.1, 0.15) is 0 Å². The Balaban J connectivity index is -0.0000000619. The molecule has 0 heterocycles. The molecule has 0 rings (SSSR count). The third kappa shape index (κ3) is 186. The zero-order valence-corrected chi connectivity index (χ0v) is 44.2. The maximum atomic E-state index is 5.25. The van der Waals surface area contributed by atoms with Crippen LogP contribution in [0.1, 0.15) is 344 Å². The standard InChI is InChI=1S/C6H14O.8C6H14/c1-5(2)7-6(3)4;8*1-3-5-6-4-2/h5-6H,1-4H3;8*3-6H2,1-2H3. The first-order valence-corrected chi connectivity index (χ1v) is 26.1. The van der Waals surface area contributed by atoms with Gasteiger partial charge < -0.3 is 4.74 Å². The van der Waals surface area contributed by atoms with Crippen LogP contribution in [0.5, 0.6) is 0 Å². The minimum atomic E-state index is 0.375. The predicted octanol–water partition coefficient (Wildman–Crippen LogP) is 22.5. The Morgan fingerprint density at radius 3 is 0.273 bits per heavy atom. The van der Waals surface area contributed by atoms with E-state index in [0.29, 0.717) is 12.2 Å². The van der Waals surface area contributed by atoms with Crippen molar-refractivity contribution in [2.24, 2.45) is 0 Å². The fraction of sp³-hybridized carbons (Fsp3) is 1.00. The molecular weight excluding hydrogens is 665 g/mol. The first-order valence-electron chi connectivity index (χ1n) is 26.1. The summed E-state index contributed by atoms with van der Waals surface area (Å²) in [6.07, 6.45) is 45.0. The third-order valence-corrected chi connectivity index (χ3v) is 8.20. The molecule has 55 heavy (non-hydrogen) atoms. The topological polar surface area (TPSA) is 9.23 Å². The largest absolute Gasteiger partial charge is 0.376 e. The Morgan fingerprint density at radius 2 is 0.255 bits per heavy atom. The van der Waals surface area contributed by atoms with Crippen molar-refractivity contribution in [3.05, 3.63) is 0 Å². The summed E-state index contributed by atoms with van der Waals surface area (Å²) in [5, 5.41) is 0. The lowest BCUT2D eigenvalue weighted by Crippen LogP contribution is -2.09. The summed E-state index contributed by atoms with van der Waals surface area (Å²) in [6.45, 7) is 43.9. The number of ether oxygens (including phenoxy) is 1. The first-order chi connectivity index (χ1) is 26.4. The zero-order chi connectivity index (χ0) is 44.5. The van der Waals surface area contributed by atoms with E-state index >= 15 is 0 Å². The van der Waals surface area contributed by atoms with Gasteiger partial charge in [-0.25, -0.2) is 0 Å². The fourth-order valence-corrected chi connectivity index (χ4v) is 4.54. The summed E-state index contributed by atoms with van der Waals surface area (Å²) < 4.78 is 5.25. The van der Waals surface area contributed by atoms with Crippen molar-refractivity contribution < 1.29 is 4.74 Å². The van der Waals surface area contributed by atoms with Gasteiger partial charge in [-0.2, -0.15) is 0 Å². The summed E-state index contributed by atoms with van der Waals surface area (Å²) >= 11 is 0. The maximum absolute atomic E-state index is 5.25. The van der Waals surface area contributed by atoms with E-state index in [-0.39, 0.29) is 0 Å². The van der Waals surface area contributed by atoms with Crippen LogP contribution in [0, 0.1) is 0 Å². The quantitative estimate of drug-likeness (QED) is 0.0793. The van der Waals surface area contributed by atoms with Gasteiger partial charge in [-0.3, -0.25) is 0 Å². The van der Waals surface area contributed by atoms with Crippen molar-refractivity contribution in [2.75, 3.05) is 0 Å². The van der Waals surface area contributed by atoms with Crippen LogP contribution in [-0.4, -0.2) is 12.2 Å². The van der Waals surface area contributed by atoms with E-state index in [1.165, 1.54) is 205 Å². The fourth-order valence-electron chi connectivity index (χ4n) is 4.54. The highest BCUT2D eigenvalue weighted by atomic mass is 16.5. The lowest BCUT2D eigenvalue weighted by Gasteiger charge is -2.09. The molecule has 0 saturated carbocycles. The van der Waals surface area contributed by atoms with E-state index in [1.54, 1.807) is 0 Å². The van der Waals surface area contributed by atoms with Crippen LogP contribution in [0.4, 0.5) is 0 Å². The van der Waals surface area contributed by atoms with Crippen molar-refractivity contribution >= 4 is 0 Å². The monoisotopic (exact) mass is 791 g/mol. The molecule has 0 saturated heterocycles. The summed E-state index contributed by atoms with van der Waals surface area (Å²) in [6, 6.07) is 0. The second kappa shape index (κ2) is 99.7. The molecule has 1 nitrogen and oxygen atoms in total. The van der Waals surface area contributed by atoms with Gasteiger partial charge >= 0.3 is 0 Å². The minimum Gasteiger partial charge on any atom is -0.376 e. The summed E-state index contributed by atoms with van der Waals surface area (Å²) in [5.74, 6) is 0. The van der Waals surface area contributed by atoms with Crippen molar-refractivity contribution in [3.8, 4) is 0 Å². The van der Waals surface area contributed by atoms with E-state index in [4.69, 9.17) is 4.74 Å². The number of unbranched alkanes of at least 4 members (excludes halogenated alkanes) is 24. The SMILES string of the molecule is CC(C)OC(C)C.CCCCCC.CCCCCC.CCCCCC.CCCCCC.CCCCCC.CCCCCC.CCCCCC.CCCCCC. The van der Waals surface area contributed by atoms with Gasteiger partial charge in [-0.15, -0.1) is 0 Å². The smallest absolute Gasteiger partial charge is 0.0522 e. The normalized spacial score (nSPS) is 9.27. The van der Waals surface area contributed by atoms with E-state index in [9.17, 15) is 0 Å². The molecule has 0 aromatic heterocycles. The maximum Gasteiger partial charge on any atom is 0.0522 e. The second-order valence-electron chi connectivity index (χ2n) is 15.9. The van der Waals surface area contributed by atoms with Crippen molar-refractivity contribution in [1.29, 1.82) is 0 Å². The zero-order valence-electron chi connectivity index (χ0n) is 44.2. The molecule has 0 radical (unpaired) electrons. The average Bonchev–Trinajstić information content (AvgIpc) is 3.18. The summed E-state index contributed by atoms with van der Waals surface area (Å²) in [5.41, 5.74) is 0. The van der Waals surface area contributed by atoms with Crippen LogP contribution in [0.3, 0.4) is 0 Å². The molecule has 348 valence electrons. The highest BCUT2D eigenvalue weighted by Gasteiger charge is 1.94. The van der Waals surface area contributed by atoms with Gasteiger partial charge in [0.05, 0.1) is 12.2 Å². The van der Waals surface area contributed by atoms with Crippen LogP contribution in [0.2, 0.25) is 0 Å². The Morgan fingerprint density at radius 1 is 0.182 bits per heavy atom. The molecule has 0 unspecified atom stereocenters. The Hall–Kier alpha value is -0.0400. The van der Waals surface area contributed by atoms with Crippen molar-refractivity contribution in [3.63, 3.8) is 0 Å². The molecule has 0 amide bonds. The summed E-state index contributed by atoms with van der Waals surface area (Å²) in [7, 11) is 0. The van der Waals surface area contributed by atoms with Gasteiger partial charge in [-0.05, 0) is 27.7 Å². The van der Waals surface area contributed by atoms with Gasteiger partial charge in [0, 0.05) is 0 Å². The first kappa shape index (κ1) is 75.8. The molecule has 0 aliphatic carbocycles. The van der Waals surface area contributed by atoms with Crippen LogP contribution in [0.25, 0.3) is 0 Å². The number of hydrogen-bond acceptors (Lipinski definition) is 1. The molecule has 0 fully saturated rings. The highest BCUT2D eigenvalue weighted by Crippen LogP contribution is 1.99. The van der Waals surface area contributed by atoms with E-state index in [2.05, 4.69) is 111 Å². The van der Waals surface area contributed by atoms with Gasteiger partial charge in [0.2, 0.25) is 0 Å². The van der Waals surface area contributed by atoms with Gasteiger partial charge in [0.25, 0.3) is 0 Å². The molecule has 0 bridgehead atoms. The molecule has 0 spiro atoms.